The second kappa shape index (κ2) is 8.78. The van der Waals surface area contributed by atoms with Crippen molar-refractivity contribution in [2.45, 2.75) is 71.4 Å². The van der Waals surface area contributed by atoms with E-state index in [-0.39, 0.29) is 18.1 Å². The summed E-state index contributed by atoms with van der Waals surface area (Å²) in [5.41, 5.74) is 2.47. The van der Waals surface area contributed by atoms with E-state index in [1.54, 1.807) is 0 Å². The van der Waals surface area contributed by atoms with Crippen molar-refractivity contribution in [3.63, 3.8) is 0 Å². The molecular weight excluding hydrogens is 388 g/mol. The number of aromatic nitrogens is 1. The van der Waals surface area contributed by atoms with Crippen LogP contribution in [0.1, 0.15) is 70.9 Å². The number of piperidine rings is 1. The predicted molar refractivity (Wildman–Crippen MR) is 123 cm³/mol. The molecule has 2 heterocycles. The van der Waals surface area contributed by atoms with Crippen molar-refractivity contribution in [3.8, 4) is 5.88 Å². The molecule has 5 nitrogen and oxygen atoms in total. The summed E-state index contributed by atoms with van der Waals surface area (Å²) in [5.74, 6) is 0.534. The maximum Gasteiger partial charge on any atom is 0.306 e. The number of fused-ring (bicyclic) bond motifs is 1. The van der Waals surface area contributed by atoms with Crippen molar-refractivity contribution >= 4 is 16.9 Å². The zero-order valence-corrected chi connectivity index (χ0v) is 19.3. The number of nitrogens with zero attached hydrogens (tertiary/aromatic N) is 2. The van der Waals surface area contributed by atoms with E-state index in [2.05, 4.69) is 50.9 Å². The zero-order valence-electron chi connectivity index (χ0n) is 19.3. The molecule has 1 aromatic carbocycles. The standard InChI is InChI=1S/C26H36N2O3/c1-26(2,3)20-7-9-21(10-8-20)31-24-12-6-17-15-18(5-11-22(17)27-24)23-16-19(25(29)30)13-14-28(23)4/h5-6,11-12,15,19-21,23H,7-10,13-14,16H2,1-4H3,(H,29,30). The largest absolute Gasteiger partial charge is 0.481 e. The Morgan fingerprint density at radius 3 is 2.52 bits per heavy atom. The van der Waals surface area contributed by atoms with Crippen LogP contribution >= 0.6 is 0 Å². The minimum Gasteiger partial charge on any atom is -0.481 e. The van der Waals surface area contributed by atoms with Crippen LogP contribution in [0.4, 0.5) is 0 Å². The minimum absolute atomic E-state index is 0.133. The topological polar surface area (TPSA) is 62.7 Å². The lowest BCUT2D eigenvalue weighted by molar-refractivity contribution is -0.144. The normalized spacial score (nSPS) is 27.9. The Morgan fingerprint density at radius 2 is 1.84 bits per heavy atom. The van der Waals surface area contributed by atoms with Gasteiger partial charge in [0.05, 0.1) is 11.4 Å². The van der Waals surface area contributed by atoms with Crippen LogP contribution in [-0.4, -0.2) is 40.7 Å². The number of carboxylic acids is 1. The van der Waals surface area contributed by atoms with Gasteiger partial charge in [-0.3, -0.25) is 9.69 Å². The second-order valence-electron chi connectivity index (χ2n) is 10.6. The first kappa shape index (κ1) is 22.1. The molecule has 2 unspecified atom stereocenters. The van der Waals surface area contributed by atoms with Gasteiger partial charge in [0.2, 0.25) is 5.88 Å². The maximum absolute atomic E-state index is 11.5. The van der Waals surface area contributed by atoms with E-state index in [4.69, 9.17) is 9.72 Å². The van der Waals surface area contributed by atoms with E-state index in [1.807, 2.05) is 12.1 Å². The molecule has 1 N–H and O–H groups in total. The SMILES string of the molecule is CN1CCC(C(=O)O)CC1c1ccc2nc(OC3CCC(C(C)(C)C)CC3)ccc2c1. The van der Waals surface area contributed by atoms with Crippen molar-refractivity contribution in [2.75, 3.05) is 13.6 Å². The smallest absolute Gasteiger partial charge is 0.306 e. The van der Waals surface area contributed by atoms with Gasteiger partial charge in [-0.25, -0.2) is 4.98 Å². The fourth-order valence-corrected chi connectivity index (χ4v) is 5.31. The molecule has 2 fully saturated rings. The molecule has 0 spiro atoms. The fourth-order valence-electron chi connectivity index (χ4n) is 5.31. The van der Waals surface area contributed by atoms with Crippen molar-refractivity contribution < 1.29 is 14.6 Å². The number of hydrogen-bond acceptors (Lipinski definition) is 4. The van der Waals surface area contributed by atoms with Crippen LogP contribution in [0.2, 0.25) is 0 Å². The third kappa shape index (κ3) is 5.03. The first-order valence-electron chi connectivity index (χ1n) is 11.7. The summed E-state index contributed by atoms with van der Waals surface area (Å²) in [6.07, 6.45) is 6.26. The summed E-state index contributed by atoms with van der Waals surface area (Å²) in [7, 11) is 2.08. The Hall–Kier alpha value is -2.14. The summed E-state index contributed by atoms with van der Waals surface area (Å²) < 4.78 is 6.24. The molecule has 1 aliphatic carbocycles. The Labute approximate surface area is 185 Å². The van der Waals surface area contributed by atoms with Crippen molar-refractivity contribution in [1.29, 1.82) is 0 Å². The average molecular weight is 425 g/mol. The highest BCUT2D eigenvalue weighted by Gasteiger charge is 2.32. The molecule has 1 saturated carbocycles. The molecule has 2 aromatic rings. The van der Waals surface area contributed by atoms with Gasteiger partial charge in [-0.05, 0) is 87.2 Å². The van der Waals surface area contributed by atoms with Gasteiger partial charge < -0.3 is 9.84 Å². The molecule has 31 heavy (non-hydrogen) atoms. The van der Waals surface area contributed by atoms with Crippen LogP contribution < -0.4 is 4.74 Å². The number of rotatable bonds is 4. The molecule has 1 aliphatic heterocycles. The van der Waals surface area contributed by atoms with E-state index >= 15 is 0 Å². The molecule has 1 saturated heterocycles. The van der Waals surface area contributed by atoms with Gasteiger partial charge >= 0.3 is 5.97 Å². The number of carbonyl (C=O) groups is 1. The van der Waals surface area contributed by atoms with Crippen molar-refractivity contribution in [2.24, 2.45) is 17.3 Å². The van der Waals surface area contributed by atoms with Gasteiger partial charge in [-0.1, -0.05) is 26.8 Å². The van der Waals surface area contributed by atoms with E-state index < -0.39 is 5.97 Å². The third-order valence-corrected chi connectivity index (χ3v) is 7.48. The predicted octanol–water partition coefficient (Wildman–Crippen LogP) is 5.69. The lowest BCUT2D eigenvalue weighted by Crippen LogP contribution is -2.36. The van der Waals surface area contributed by atoms with Crippen LogP contribution in [0.5, 0.6) is 5.88 Å². The lowest BCUT2D eigenvalue weighted by Gasteiger charge is -2.36. The highest BCUT2D eigenvalue weighted by molar-refractivity contribution is 5.80. The van der Waals surface area contributed by atoms with Gasteiger partial charge in [0.15, 0.2) is 0 Å². The number of likely N-dealkylation sites (tertiary alicyclic amines) is 1. The third-order valence-electron chi connectivity index (χ3n) is 7.48. The summed E-state index contributed by atoms with van der Waals surface area (Å²) >= 11 is 0. The van der Waals surface area contributed by atoms with Crippen molar-refractivity contribution in [3.05, 3.63) is 35.9 Å². The molecule has 168 valence electrons. The molecule has 5 heteroatoms. The van der Waals surface area contributed by atoms with Gasteiger partial charge in [0.1, 0.15) is 6.10 Å². The number of benzene rings is 1. The zero-order chi connectivity index (χ0) is 22.2. The quantitative estimate of drug-likeness (QED) is 0.683. The second-order valence-corrected chi connectivity index (χ2v) is 10.6. The molecule has 1 aromatic heterocycles. The average Bonchev–Trinajstić information content (AvgIpc) is 2.73. The lowest BCUT2D eigenvalue weighted by atomic mass is 9.72. The van der Waals surface area contributed by atoms with E-state index in [0.29, 0.717) is 17.7 Å². The van der Waals surface area contributed by atoms with E-state index in [1.165, 1.54) is 12.8 Å². The summed E-state index contributed by atoms with van der Waals surface area (Å²) in [6.45, 7) is 7.82. The highest BCUT2D eigenvalue weighted by Crippen LogP contribution is 2.39. The number of aliphatic carboxylic acids is 1. The van der Waals surface area contributed by atoms with Crippen LogP contribution in [0, 0.1) is 17.3 Å². The summed E-state index contributed by atoms with van der Waals surface area (Å²) in [4.78, 5) is 18.5. The molecular formula is C26H36N2O3. The fraction of sp³-hybridized carbons (Fsp3) is 0.615. The number of pyridine rings is 1. The number of carboxylic acid groups (broad SMARTS) is 1. The molecule has 0 bridgehead atoms. The molecule has 0 amide bonds. The van der Waals surface area contributed by atoms with Crippen LogP contribution in [0.25, 0.3) is 10.9 Å². The summed E-state index contributed by atoms with van der Waals surface area (Å²) in [5, 5.41) is 10.5. The van der Waals surface area contributed by atoms with Crippen molar-refractivity contribution in [1.82, 2.24) is 9.88 Å². The monoisotopic (exact) mass is 424 g/mol. The minimum atomic E-state index is -0.682. The van der Waals surface area contributed by atoms with Gasteiger partial charge in [0, 0.05) is 17.5 Å². The van der Waals surface area contributed by atoms with Crippen LogP contribution in [0.3, 0.4) is 0 Å². The first-order valence-corrected chi connectivity index (χ1v) is 11.7. The molecule has 4 rings (SSSR count). The maximum atomic E-state index is 11.5. The Bertz CT molecular complexity index is 928. The highest BCUT2D eigenvalue weighted by atomic mass is 16.5. The van der Waals surface area contributed by atoms with Crippen LogP contribution in [0.15, 0.2) is 30.3 Å². The number of hydrogen-bond donors (Lipinski definition) is 1. The molecule has 2 aliphatic rings. The Morgan fingerprint density at radius 1 is 1.10 bits per heavy atom. The summed E-state index contributed by atoms with van der Waals surface area (Å²) in [6, 6.07) is 10.5. The van der Waals surface area contributed by atoms with E-state index in [9.17, 15) is 9.90 Å². The Balaban J connectivity index is 1.44. The van der Waals surface area contributed by atoms with Gasteiger partial charge in [-0.15, -0.1) is 0 Å². The van der Waals surface area contributed by atoms with Gasteiger partial charge in [-0.2, -0.15) is 0 Å². The van der Waals surface area contributed by atoms with Crippen LogP contribution in [-0.2, 0) is 4.79 Å². The first-order chi connectivity index (χ1) is 14.7. The van der Waals surface area contributed by atoms with Gasteiger partial charge in [0.25, 0.3) is 0 Å². The molecule has 0 radical (unpaired) electrons. The van der Waals surface area contributed by atoms with E-state index in [0.717, 1.165) is 48.2 Å². The molecule has 2 atom stereocenters. The Kier molecular flexibility index (Phi) is 6.25. The number of ether oxygens (including phenoxy) is 1.